The zero-order valence-electron chi connectivity index (χ0n) is 13.0. The van der Waals surface area contributed by atoms with Crippen LogP contribution in [0.2, 0.25) is 0 Å². The summed E-state index contributed by atoms with van der Waals surface area (Å²) >= 11 is 0. The van der Waals surface area contributed by atoms with Crippen LogP contribution in [0.4, 0.5) is 0 Å². The fourth-order valence-electron chi connectivity index (χ4n) is 2.31. The topological polar surface area (TPSA) is 128 Å². The van der Waals surface area contributed by atoms with Gasteiger partial charge in [-0.1, -0.05) is 20.3 Å². The molecule has 1 aliphatic rings. The molecule has 5 N–H and O–H groups in total. The van der Waals surface area contributed by atoms with E-state index in [1.165, 1.54) is 0 Å². The van der Waals surface area contributed by atoms with E-state index in [0.29, 0.717) is 6.42 Å². The molecule has 1 rings (SSSR count). The lowest BCUT2D eigenvalue weighted by Gasteiger charge is -2.26. The van der Waals surface area contributed by atoms with Gasteiger partial charge in [-0.3, -0.25) is 9.59 Å². The fourth-order valence-corrected chi connectivity index (χ4v) is 2.31. The van der Waals surface area contributed by atoms with E-state index in [1.54, 1.807) is 6.92 Å². The van der Waals surface area contributed by atoms with Gasteiger partial charge < -0.3 is 26.2 Å². The van der Waals surface area contributed by atoms with E-state index < -0.39 is 30.6 Å². The molecule has 4 unspecified atom stereocenters. The molecule has 0 saturated carbocycles. The highest BCUT2D eigenvalue weighted by Gasteiger charge is 2.32. The van der Waals surface area contributed by atoms with Gasteiger partial charge in [-0.2, -0.15) is 0 Å². The van der Waals surface area contributed by atoms with Crippen molar-refractivity contribution in [2.24, 2.45) is 5.92 Å². The van der Waals surface area contributed by atoms with Crippen LogP contribution < -0.4 is 16.0 Å². The lowest BCUT2D eigenvalue weighted by molar-refractivity contribution is -0.143. The predicted molar refractivity (Wildman–Crippen MR) is 79.1 cm³/mol. The minimum atomic E-state index is -1.37. The quantitative estimate of drug-likeness (QED) is 0.384. The second kappa shape index (κ2) is 8.70. The van der Waals surface area contributed by atoms with Crippen LogP contribution in [-0.4, -0.2) is 59.3 Å². The second-order valence-corrected chi connectivity index (χ2v) is 5.60. The van der Waals surface area contributed by atoms with Gasteiger partial charge in [0.15, 0.2) is 0 Å². The van der Waals surface area contributed by atoms with Crippen LogP contribution >= 0.6 is 0 Å². The van der Waals surface area contributed by atoms with E-state index in [2.05, 4.69) is 16.0 Å². The number of carbonyl (C=O) groups is 3. The number of aliphatic carboxylic acids is 1. The minimum Gasteiger partial charge on any atom is -0.480 e. The lowest BCUT2D eigenvalue weighted by Crippen LogP contribution is -2.57. The molecule has 0 aromatic heterocycles. The van der Waals surface area contributed by atoms with E-state index in [0.717, 1.165) is 19.4 Å². The highest BCUT2D eigenvalue weighted by molar-refractivity contribution is 5.92. The van der Waals surface area contributed by atoms with Crippen molar-refractivity contribution in [3.8, 4) is 0 Å². The average Bonchev–Trinajstić information content (AvgIpc) is 3.03. The van der Waals surface area contributed by atoms with Crippen molar-refractivity contribution in [3.63, 3.8) is 0 Å². The molecule has 2 amide bonds. The van der Waals surface area contributed by atoms with E-state index in [9.17, 15) is 14.4 Å². The molecule has 4 atom stereocenters. The average molecular weight is 315 g/mol. The van der Waals surface area contributed by atoms with Crippen molar-refractivity contribution in [3.05, 3.63) is 0 Å². The highest BCUT2D eigenvalue weighted by atomic mass is 16.4. The van der Waals surface area contributed by atoms with E-state index in [-0.39, 0.29) is 17.9 Å². The summed E-state index contributed by atoms with van der Waals surface area (Å²) < 4.78 is 0. The molecule has 0 bridgehead atoms. The summed E-state index contributed by atoms with van der Waals surface area (Å²) in [4.78, 5) is 35.3. The zero-order valence-corrected chi connectivity index (χ0v) is 13.0. The van der Waals surface area contributed by atoms with Crippen molar-refractivity contribution in [2.75, 3.05) is 13.2 Å². The van der Waals surface area contributed by atoms with E-state index in [1.807, 2.05) is 6.92 Å². The number of rotatable bonds is 8. The summed E-state index contributed by atoms with van der Waals surface area (Å²) in [7, 11) is 0. The molecule has 1 aliphatic heterocycles. The molecule has 0 aliphatic carbocycles. The standard InChI is InChI=1S/C14H25N3O5/c1-3-8(2)11(13(20)16-10(7-18)14(21)22)17-12(19)9-5-4-6-15-9/h8-11,15,18H,3-7H2,1-2H3,(H,16,20)(H,17,19)(H,21,22). The zero-order chi connectivity index (χ0) is 16.7. The Labute approximate surface area is 129 Å². The molecule has 1 saturated heterocycles. The van der Waals surface area contributed by atoms with Crippen molar-refractivity contribution >= 4 is 17.8 Å². The van der Waals surface area contributed by atoms with Gasteiger partial charge in [-0.05, 0) is 25.3 Å². The molecule has 8 nitrogen and oxygen atoms in total. The van der Waals surface area contributed by atoms with Crippen LogP contribution in [0.3, 0.4) is 0 Å². The smallest absolute Gasteiger partial charge is 0.328 e. The maximum Gasteiger partial charge on any atom is 0.328 e. The van der Waals surface area contributed by atoms with Gasteiger partial charge in [0.05, 0.1) is 12.6 Å². The van der Waals surface area contributed by atoms with Crippen molar-refractivity contribution in [1.29, 1.82) is 0 Å². The minimum absolute atomic E-state index is 0.154. The first-order valence-corrected chi connectivity index (χ1v) is 7.58. The van der Waals surface area contributed by atoms with Gasteiger partial charge in [-0.15, -0.1) is 0 Å². The summed E-state index contributed by atoms with van der Waals surface area (Å²) in [5, 5.41) is 25.9. The molecule has 0 radical (unpaired) electrons. The van der Waals surface area contributed by atoms with Crippen molar-refractivity contribution < 1.29 is 24.6 Å². The third-order valence-corrected chi connectivity index (χ3v) is 3.97. The Hall–Kier alpha value is -1.67. The first-order chi connectivity index (χ1) is 10.4. The number of aliphatic hydroxyl groups is 1. The van der Waals surface area contributed by atoms with Crippen LogP contribution in [0.1, 0.15) is 33.1 Å². The molecule has 0 aromatic rings. The van der Waals surface area contributed by atoms with Gasteiger partial charge in [0.2, 0.25) is 11.8 Å². The Kier molecular flexibility index (Phi) is 7.26. The molecule has 22 heavy (non-hydrogen) atoms. The van der Waals surface area contributed by atoms with Crippen LogP contribution in [-0.2, 0) is 14.4 Å². The third kappa shape index (κ3) is 4.96. The van der Waals surface area contributed by atoms with Gasteiger partial charge >= 0.3 is 5.97 Å². The number of hydrogen-bond acceptors (Lipinski definition) is 5. The molecule has 0 spiro atoms. The second-order valence-electron chi connectivity index (χ2n) is 5.60. The summed E-state index contributed by atoms with van der Waals surface area (Å²) in [6, 6.07) is -2.51. The number of hydrogen-bond donors (Lipinski definition) is 5. The van der Waals surface area contributed by atoms with Gasteiger partial charge in [0.25, 0.3) is 0 Å². The molecule has 1 fully saturated rings. The number of amides is 2. The first-order valence-electron chi connectivity index (χ1n) is 7.58. The molecule has 8 heteroatoms. The maximum absolute atomic E-state index is 12.2. The van der Waals surface area contributed by atoms with Gasteiger partial charge in [0.1, 0.15) is 12.1 Å². The van der Waals surface area contributed by atoms with Gasteiger partial charge in [0, 0.05) is 0 Å². The monoisotopic (exact) mass is 315 g/mol. The van der Waals surface area contributed by atoms with Crippen LogP contribution in [0.25, 0.3) is 0 Å². The normalized spacial score (nSPS) is 21.7. The summed E-state index contributed by atoms with van der Waals surface area (Å²) in [6.07, 6.45) is 2.27. The largest absolute Gasteiger partial charge is 0.480 e. The Morgan fingerprint density at radius 3 is 2.45 bits per heavy atom. The Balaban J connectivity index is 2.72. The van der Waals surface area contributed by atoms with Crippen LogP contribution in [0.5, 0.6) is 0 Å². The Morgan fingerprint density at radius 1 is 1.32 bits per heavy atom. The highest BCUT2D eigenvalue weighted by Crippen LogP contribution is 2.11. The van der Waals surface area contributed by atoms with E-state index in [4.69, 9.17) is 10.2 Å². The molecular weight excluding hydrogens is 290 g/mol. The third-order valence-electron chi connectivity index (χ3n) is 3.97. The van der Waals surface area contributed by atoms with Crippen LogP contribution in [0.15, 0.2) is 0 Å². The number of carboxylic acid groups (broad SMARTS) is 1. The molecule has 126 valence electrons. The number of carbonyl (C=O) groups excluding carboxylic acids is 2. The SMILES string of the molecule is CCC(C)C(NC(=O)C1CCCN1)C(=O)NC(CO)C(=O)O. The Bertz CT molecular complexity index is 409. The molecule has 1 heterocycles. The van der Waals surface area contributed by atoms with Crippen molar-refractivity contribution in [1.82, 2.24) is 16.0 Å². The van der Waals surface area contributed by atoms with Crippen LogP contribution in [0, 0.1) is 5.92 Å². The lowest BCUT2D eigenvalue weighted by atomic mass is 9.97. The summed E-state index contributed by atoms with van der Waals surface area (Å²) in [6.45, 7) is 3.75. The van der Waals surface area contributed by atoms with Gasteiger partial charge in [-0.25, -0.2) is 4.79 Å². The summed E-state index contributed by atoms with van der Waals surface area (Å²) in [5.41, 5.74) is 0. The summed E-state index contributed by atoms with van der Waals surface area (Å²) in [5.74, 6) is -2.32. The number of aliphatic hydroxyl groups excluding tert-OH is 1. The fraction of sp³-hybridized carbons (Fsp3) is 0.786. The number of nitrogens with one attached hydrogen (secondary N) is 3. The molecule has 0 aromatic carbocycles. The predicted octanol–water partition coefficient (Wildman–Crippen LogP) is -1.17. The Morgan fingerprint density at radius 2 is 2.00 bits per heavy atom. The maximum atomic E-state index is 12.2. The first kappa shape index (κ1) is 18.4. The van der Waals surface area contributed by atoms with Crippen molar-refractivity contribution in [2.45, 2.75) is 51.2 Å². The molecular formula is C14H25N3O5. The van der Waals surface area contributed by atoms with E-state index >= 15 is 0 Å². The number of carboxylic acids is 1.